The predicted octanol–water partition coefficient (Wildman–Crippen LogP) is 2.34. The number of benzene rings is 1. The third-order valence-corrected chi connectivity index (χ3v) is 3.00. The first-order valence-electron chi connectivity index (χ1n) is 5.92. The summed E-state index contributed by atoms with van der Waals surface area (Å²) in [6, 6.07) is 10.7. The monoisotopic (exact) mass is 228 g/mol. The SMILES string of the molecule is Cc1ccccc1-n1nc(N)cc1NC1CC1. The van der Waals surface area contributed by atoms with Crippen molar-refractivity contribution in [2.45, 2.75) is 25.8 Å². The van der Waals surface area contributed by atoms with Gasteiger partial charge in [0.1, 0.15) is 11.6 Å². The molecule has 88 valence electrons. The molecular formula is C13H16N4. The molecule has 1 aromatic carbocycles. The van der Waals surface area contributed by atoms with Gasteiger partial charge < -0.3 is 11.1 Å². The number of rotatable bonds is 3. The Labute approximate surface area is 100 Å². The number of hydrogen-bond donors (Lipinski definition) is 2. The van der Waals surface area contributed by atoms with Crippen LogP contribution in [-0.2, 0) is 0 Å². The van der Waals surface area contributed by atoms with Gasteiger partial charge in [-0.2, -0.15) is 0 Å². The number of hydrogen-bond acceptors (Lipinski definition) is 3. The van der Waals surface area contributed by atoms with Gasteiger partial charge in [-0.05, 0) is 31.4 Å². The fourth-order valence-electron chi connectivity index (χ4n) is 1.92. The van der Waals surface area contributed by atoms with Crippen molar-refractivity contribution in [3.8, 4) is 5.69 Å². The Morgan fingerprint density at radius 1 is 1.35 bits per heavy atom. The smallest absolute Gasteiger partial charge is 0.148 e. The Morgan fingerprint density at radius 2 is 2.12 bits per heavy atom. The second-order valence-corrected chi connectivity index (χ2v) is 4.57. The maximum atomic E-state index is 5.79. The summed E-state index contributed by atoms with van der Waals surface area (Å²) in [6.07, 6.45) is 2.47. The Balaban J connectivity index is 2.03. The van der Waals surface area contributed by atoms with Gasteiger partial charge in [0.05, 0.1) is 5.69 Å². The Kier molecular flexibility index (Phi) is 2.28. The minimum absolute atomic E-state index is 0.552. The van der Waals surface area contributed by atoms with Crippen LogP contribution in [-0.4, -0.2) is 15.8 Å². The lowest BCUT2D eigenvalue weighted by molar-refractivity contribution is 0.872. The minimum atomic E-state index is 0.552. The highest BCUT2D eigenvalue weighted by Crippen LogP contribution is 2.28. The molecule has 1 heterocycles. The van der Waals surface area contributed by atoms with Gasteiger partial charge in [-0.15, -0.1) is 5.10 Å². The molecule has 2 aromatic rings. The Morgan fingerprint density at radius 3 is 2.82 bits per heavy atom. The topological polar surface area (TPSA) is 55.9 Å². The number of nitrogen functional groups attached to an aromatic ring is 1. The van der Waals surface area contributed by atoms with E-state index >= 15 is 0 Å². The van der Waals surface area contributed by atoms with Gasteiger partial charge in [0, 0.05) is 12.1 Å². The Bertz CT molecular complexity index is 540. The van der Waals surface area contributed by atoms with E-state index in [0.29, 0.717) is 11.9 Å². The first-order chi connectivity index (χ1) is 8.24. The van der Waals surface area contributed by atoms with Crippen molar-refractivity contribution in [1.82, 2.24) is 9.78 Å². The summed E-state index contributed by atoms with van der Waals surface area (Å²) in [5.41, 5.74) is 8.06. The standard InChI is InChI=1S/C13H16N4/c1-9-4-2-3-5-11(9)17-13(8-12(14)16-17)15-10-6-7-10/h2-5,8,10,15H,6-7H2,1H3,(H2,14,16). The molecule has 0 unspecified atom stereocenters. The van der Waals surface area contributed by atoms with Crippen LogP contribution in [0.1, 0.15) is 18.4 Å². The first-order valence-corrected chi connectivity index (χ1v) is 5.92. The van der Waals surface area contributed by atoms with E-state index in [2.05, 4.69) is 29.5 Å². The van der Waals surface area contributed by atoms with Crippen molar-refractivity contribution in [3.05, 3.63) is 35.9 Å². The van der Waals surface area contributed by atoms with Gasteiger partial charge in [-0.1, -0.05) is 18.2 Å². The summed E-state index contributed by atoms with van der Waals surface area (Å²) >= 11 is 0. The van der Waals surface area contributed by atoms with E-state index in [1.165, 1.54) is 18.4 Å². The average molecular weight is 228 g/mol. The average Bonchev–Trinajstić information content (AvgIpc) is 3.03. The predicted molar refractivity (Wildman–Crippen MR) is 69.4 cm³/mol. The van der Waals surface area contributed by atoms with Crippen LogP contribution < -0.4 is 11.1 Å². The first kappa shape index (κ1) is 10.2. The molecule has 1 aromatic heterocycles. The summed E-state index contributed by atoms with van der Waals surface area (Å²) in [6.45, 7) is 2.08. The lowest BCUT2D eigenvalue weighted by atomic mass is 10.2. The molecule has 3 rings (SSSR count). The van der Waals surface area contributed by atoms with E-state index in [1.807, 2.05) is 22.9 Å². The number of anilines is 2. The lowest BCUT2D eigenvalue weighted by Crippen LogP contribution is -2.08. The van der Waals surface area contributed by atoms with Gasteiger partial charge in [-0.25, -0.2) is 4.68 Å². The molecule has 0 bridgehead atoms. The maximum Gasteiger partial charge on any atom is 0.148 e. The summed E-state index contributed by atoms with van der Waals surface area (Å²) in [4.78, 5) is 0. The van der Waals surface area contributed by atoms with Crippen molar-refractivity contribution in [3.63, 3.8) is 0 Å². The fraction of sp³-hybridized carbons (Fsp3) is 0.308. The second-order valence-electron chi connectivity index (χ2n) is 4.57. The highest BCUT2D eigenvalue weighted by Gasteiger charge is 2.23. The van der Waals surface area contributed by atoms with Crippen LogP contribution in [0.15, 0.2) is 30.3 Å². The van der Waals surface area contributed by atoms with E-state index in [1.54, 1.807) is 0 Å². The quantitative estimate of drug-likeness (QED) is 0.847. The molecule has 0 spiro atoms. The highest BCUT2D eigenvalue weighted by molar-refractivity contribution is 5.54. The van der Waals surface area contributed by atoms with E-state index in [4.69, 9.17) is 5.73 Å². The van der Waals surface area contributed by atoms with Crippen LogP contribution in [0, 0.1) is 6.92 Å². The molecule has 0 radical (unpaired) electrons. The fourth-order valence-corrected chi connectivity index (χ4v) is 1.92. The third kappa shape index (κ3) is 1.98. The number of nitrogens with zero attached hydrogens (tertiary/aromatic N) is 2. The van der Waals surface area contributed by atoms with Gasteiger partial charge in [0.25, 0.3) is 0 Å². The molecule has 0 atom stereocenters. The molecule has 1 aliphatic carbocycles. The highest BCUT2D eigenvalue weighted by atomic mass is 15.4. The van der Waals surface area contributed by atoms with Gasteiger partial charge in [0.15, 0.2) is 0 Å². The zero-order valence-electron chi connectivity index (χ0n) is 9.85. The van der Waals surface area contributed by atoms with Crippen molar-refractivity contribution < 1.29 is 0 Å². The molecule has 3 N–H and O–H groups in total. The van der Waals surface area contributed by atoms with Gasteiger partial charge in [-0.3, -0.25) is 0 Å². The van der Waals surface area contributed by atoms with E-state index in [0.717, 1.165) is 11.5 Å². The Hall–Kier alpha value is -1.97. The third-order valence-electron chi connectivity index (χ3n) is 3.00. The minimum Gasteiger partial charge on any atom is -0.382 e. The zero-order chi connectivity index (χ0) is 11.8. The molecule has 0 amide bonds. The summed E-state index contributed by atoms with van der Waals surface area (Å²) < 4.78 is 1.89. The van der Waals surface area contributed by atoms with Crippen LogP contribution >= 0.6 is 0 Å². The summed E-state index contributed by atoms with van der Waals surface area (Å²) in [5, 5.41) is 7.81. The van der Waals surface area contributed by atoms with Crippen molar-refractivity contribution in [2.75, 3.05) is 11.1 Å². The van der Waals surface area contributed by atoms with E-state index in [9.17, 15) is 0 Å². The maximum absolute atomic E-state index is 5.79. The molecule has 0 aliphatic heterocycles. The molecule has 0 saturated heterocycles. The van der Waals surface area contributed by atoms with Crippen LogP contribution in [0.25, 0.3) is 5.69 Å². The largest absolute Gasteiger partial charge is 0.382 e. The van der Waals surface area contributed by atoms with Gasteiger partial charge >= 0.3 is 0 Å². The molecule has 17 heavy (non-hydrogen) atoms. The number of para-hydroxylation sites is 1. The van der Waals surface area contributed by atoms with Gasteiger partial charge in [0.2, 0.25) is 0 Å². The second kappa shape index (κ2) is 3.80. The number of nitrogens with two attached hydrogens (primary N) is 1. The number of aryl methyl sites for hydroxylation is 1. The van der Waals surface area contributed by atoms with Crippen molar-refractivity contribution in [1.29, 1.82) is 0 Å². The molecule has 1 aliphatic rings. The van der Waals surface area contributed by atoms with Crippen LogP contribution in [0.2, 0.25) is 0 Å². The van der Waals surface area contributed by atoms with Crippen LogP contribution in [0.3, 0.4) is 0 Å². The lowest BCUT2D eigenvalue weighted by Gasteiger charge is -2.10. The molecule has 4 heteroatoms. The molecule has 1 saturated carbocycles. The van der Waals surface area contributed by atoms with E-state index in [-0.39, 0.29) is 0 Å². The van der Waals surface area contributed by atoms with Crippen LogP contribution in [0.5, 0.6) is 0 Å². The zero-order valence-corrected chi connectivity index (χ0v) is 9.85. The summed E-state index contributed by atoms with van der Waals surface area (Å²) in [5.74, 6) is 1.54. The van der Waals surface area contributed by atoms with E-state index < -0.39 is 0 Å². The van der Waals surface area contributed by atoms with Crippen molar-refractivity contribution >= 4 is 11.6 Å². The molecule has 1 fully saturated rings. The number of aromatic nitrogens is 2. The number of nitrogens with one attached hydrogen (secondary N) is 1. The molecule has 4 nitrogen and oxygen atoms in total. The molecular weight excluding hydrogens is 212 g/mol. The normalized spacial score (nSPS) is 14.9. The summed E-state index contributed by atoms with van der Waals surface area (Å²) in [7, 11) is 0. The van der Waals surface area contributed by atoms with Crippen LogP contribution in [0.4, 0.5) is 11.6 Å². The van der Waals surface area contributed by atoms with Crippen molar-refractivity contribution in [2.24, 2.45) is 0 Å².